The molecule has 0 aromatic carbocycles. The van der Waals surface area contributed by atoms with Crippen LogP contribution >= 0.6 is 0 Å². The van der Waals surface area contributed by atoms with Crippen molar-refractivity contribution in [2.24, 2.45) is 5.73 Å². The lowest BCUT2D eigenvalue weighted by Crippen LogP contribution is -2.11. The standard InChI is InChI=1S/C10H19N3/c1-4-6-8(11)10-7(3)12-9(5-2)13-10/h8H,4-6,11H2,1-3H3,(H,12,13). The Kier molecular flexibility index (Phi) is 3.48. The lowest BCUT2D eigenvalue weighted by Gasteiger charge is -2.07. The van der Waals surface area contributed by atoms with Gasteiger partial charge in [0, 0.05) is 18.2 Å². The molecular formula is C10H19N3. The largest absolute Gasteiger partial charge is 0.346 e. The number of aryl methyl sites for hydroxylation is 2. The summed E-state index contributed by atoms with van der Waals surface area (Å²) in [6, 6.07) is 0.0987. The van der Waals surface area contributed by atoms with Crippen molar-refractivity contribution < 1.29 is 0 Å². The summed E-state index contributed by atoms with van der Waals surface area (Å²) in [5.41, 5.74) is 8.16. The predicted octanol–water partition coefficient (Wildman–Crippen LogP) is 2.08. The van der Waals surface area contributed by atoms with Gasteiger partial charge in [-0.25, -0.2) is 4.98 Å². The van der Waals surface area contributed by atoms with Crippen LogP contribution in [0.1, 0.15) is 49.9 Å². The van der Waals surface area contributed by atoms with Crippen molar-refractivity contribution in [1.29, 1.82) is 0 Å². The van der Waals surface area contributed by atoms with E-state index in [0.717, 1.165) is 36.5 Å². The minimum absolute atomic E-state index is 0.0987. The Hall–Kier alpha value is -0.830. The SMILES string of the molecule is CCCC(N)c1nc(CC)[nH]c1C. The molecule has 1 rings (SSSR count). The van der Waals surface area contributed by atoms with Crippen LogP contribution in [0.4, 0.5) is 0 Å². The minimum atomic E-state index is 0.0987. The molecule has 1 atom stereocenters. The van der Waals surface area contributed by atoms with E-state index in [-0.39, 0.29) is 6.04 Å². The third-order valence-electron chi connectivity index (χ3n) is 2.26. The fourth-order valence-electron chi connectivity index (χ4n) is 1.51. The first-order valence-electron chi connectivity index (χ1n) is 5.00. The average molecular weight is 181 g/mol. The Morgan fingerprint density at radius 1 is 1.46 bits per heavy atom. The molecule has 1 aromatic heterocycles. The number of nitrogens with one attached hydrogen (secondary N) is 1. The highest BCUT2D eigenvalue weighted by Gasteiger charge is 2.12. The van der Waals surface area contributed by atoms with Crippen LogP contribution in [0.2, 0.25) is 0 Å². The van der Waals surface area contributed by atoms with Crippen molar-refractivity contribution in [1.82, 2.24) is 9.97 Å². The molecule has 0 aliphatic heterocycles. The van der Waals surface area contributed by atoms with Gasteiger partial charge in [0.2, 0.25) is 0 Å². The number of nitrogens with zero attached hydrogens (tertiary/aromatic N) is 1. The fourth-order valence-corrected chi connectivity index (χ4v) is 1.51. The number of hydrogen-bond acceptors (Lipinski definition) is 2. The molecule has 0 aliphatic rings. The molecule has 0 amide bonds. The van der Waals surface area contributed by atoms with Crippen LogP contribution in [-0.4, -0.2) is 9.97 Å². The van der Waals surface area contributed by atoms with Crippen molar-refractivity contribution in [2.45, 2.75) is 46.1 Å². The van der Waals surface area contributed by atoms with Crippen molar-refractivity contribution in [3.63, 3.8) is 0 Å². The molecule has 0 aliphatic carbocycles. The molecule has 0 fully saturated rings. The van der Waals surface area contributed by atoms with E-state index >= 15 is 0 Å². The predicted molar refractivity (Wildman–Crippen MR) is 54.5 cm³/mol. The van der Waals surface area contributed by atoms with Gasteiger partial charge in [0.25, 0.3) is 0 Å². The average Bonchev–Trinajstić information content (AvgIpc) is 2.47. The molecular weight excluding hydrogens is 162 g/mol. The summed E-state index contributed by atoms with van der Waals surface area (Å²) in [5, 5.41) is 0. The van der Waals surface area contributed by atoms with E-state index in [4.69, 9.17) is 5.73 Å². The molecule has 1 heterocycles. The lowest BCUT2D eigenvalue weighted by atomic mass is 10.1. The van der Waals surface area contributed by atoms with E-state index in [9.17, 15) is 0 Å². The molecule has 1 unspecified atom stereocenters. The maximum Gasteiger partial charge on any atom is 0.106 e. The number of rotatable bonds is 4. The zero-order valence-electron chi connectivity index (χ0n) is 8.72. The third-order valence-corrected chi connectivity index (χ3v) is 2.26. The van der Waals surface area contributed by atoms with Gasteiger partial charge in [-0.3, -0.25) is 0 Å². The highest BCUT2D eigenvalue weighted by Crippen LogP contribution is 2.17. The van der Waals surface area contributed by atoms with E-state index < -0.39 is 0 Å². The zero-order chi connectivity index (χ0) is 9.84. The Morgan fingerprint density at radius 3 is 2.62 bits per heavy atom. The van der Waals surface area contributed by atoms with Crippen LogP contribution < -0.4 is 5.73 Å². The van der Waals surface area contributed by atoms with Gasteiger partial charge in [-0.15, -0.1) is 0 Å². The maximum atomic E-state index is 5.99. The lowest BCUT2D eigenvalue weighted by molar-refractivity contribution is 0.620. The number of H-pyrrole nitrogens is 1. The molecule has 0 bridgehead atoms. The number of aromatic nitrogens is 2. The highest BCUT2D eigenvalue weighted by molar-refractivity contribution is 5.16. The van der Waals surface area contributed by atoms with E-state index in [1.165, 1.54) is 0 Å². The van der Waals surface area contributed by atoms with Gasteiger partial charge in [0.15, 0.2) is 0 Å². The first-order valence-corrected chi connectivity index (χ1v) is 5.00. The van der Waals surface area contributed by atoms with E-state index in [1.54, 1.807) is 0 Å². The van der Waals surface area contributed by atoms with Gasteiger partial charge >= 0.3 is 0 Å². The van der Waals surface area contributed by atoms with E-state index in [1.807, 2.05) is 6.92 Å². The van der Waals surface area contributed by atoms with Gasteiger partial charge in [-0.1, -0.05) is 20.3 Å². The van der Waals surface area contributed by atoms with Crippen LogP contribution in [0.25, 0.3) is 0 Å². The van der Waals surface area contributed by atoms with Crippen LogP contribution in [0.3, 0.4) is 0 Å². The molecule has 0 radical (unpaired) electrons. The Bertz CT molecular complexity index is 265. The van der Waals surface area contributed by atoms with Crippen LogP contribution in [0.5, 0.6) is 0 Å². The first-order chi connectivity index (χ1) is 6.19. The number of hydrogen-bond donors (Lipinski definition) is 2. The van der Waals surface area contributed by atoms with Crippen LogP contribution in [0, 0.1) is 6.92 Å². The van der Waals surface area contributed by atoms with Gasteiger partial charge in [-0.05, 0) is 13.3 Å². The Balaban J connectivity index is 2.80. The number of nitrogens with two attached hydrogens (primary N) is 1. The second kappa shape index (κ2) is 4.42. The zero-order valence-corrected chi connectivity index (χ0v) is 8.72. The van der Waals surface area contributed by atoms with E-state index in [0.29, 0.717) is 0 Å². The van der Waals surface area contributed by atoms with Crippen molar-refractivity contribution in [2.75, 3.05) is 0 Å². The normalized spacial score (nSPS) is 13.2. The topological polar surface area (TPSA) is 54.7 Å². The van der Waals surface area contributed by atoms with Gasteiger partial charge in [-0.2, -0.15) is 0 Å². The summed E-state index contributed by atoms with van der Waals surface area (Å²) in [6.45, 7) is 6.27. The van der Waals surface area contributed by atoms with Crippen molar-refractivity contribution >= 4 is 0 Å². The number of imidazole rings is 1. The van der Waals surface area contributed by atoms with Crippen LogP contribution in [-0.2, 0) is 6.42 Å². The molecule has 74 valence electrons. The molecule has 3 nitrogen and oxygen atoms in total. The second-order valence-corrected chi connectivity index (χ2v) is 3.44. The Labute approximate surface area is 79.8 Å². The van der Waals surface area contributed by atoms with Gasteiger partial charge in [0.1, 0.15) is 5.82 Å². The molecule has 0 saturated heterocycles. The minimum Gasteiger partial charge on any atom is -0.346 e. The fraction of sp³-hybridized carbons (Fsp3) is 0.700. The summed E-state index contributed by atoms with van der Waals surface area (Å²) >= 11 is 0. The smallest absolute Gasteiger partial charge is 0.106 e. The summed E-state index contributed by atoms with van der Waals surface area (Å²) in [7, 11) is 0. The highest BCUT2D eigenvalue weighted by atomic mass is 15.0. The second-order valence-electron chi connectivity index (χ2n) is 3.44. The molecule has 3 N–H and O–H groups in total. The summed E-state index contributed by atoms with van der Waals surface area (Å²) < 4.78 is 0. The third kappa shape index (κ3) is 2.31. The van der Waals surface area contributed by atoms with Crippen LogP contribution in [0.15, 0.2) is 0 Å². The Morgan fingerprint density at radius 2 is 2.15 bits per heavy atom. The summed E-state index contributed by atoms with van der Waals surface area (Å²) in [5.74, 6) is 1.04. The van der Waals surface area contributed by atoms with Crippen molar-refractivity contribution in [3.05, 3.63) is 17.2 Å². The van der Waals surface area contributed by atoms with Gasteiger partial charge in [0.05, 0.1) is 5.69 Å². The van der Waals surface area contributed by atoms with Crippen molar-refractivity contribution in [3.8, 4) is 0 Å². The summed E-state index contributed by atoms with van der Waals surface area (Å²) in [4.78, 5) is 7.71. The number of aromatic amines is 1. The van der Waals surface area contributed by atoms with E-state index in [2.05, 4.69) is 23.8 Å². The molecule has 0 spiro atoms. The van der Waals surface area contributed by atoms with Gasteiger partial charge < -0.3 is 10.7 Å². The summed E-state index contributed by atoms with van der Waals surface area (Å²) in [6.07, 6.45) is 3.06. The molecule has 3 heteroatoms. The molecule has 0 saturated carbocycles. The molecule has 13 heavy (non-hydrogen) atoms. The molecule has 1 aromatic rings. The quantitative estimate of drug-likeness (QED) is 0.747. The first kappa shape index (κ1) is 10.3. The maximum absolute atomic E-state index is 5.99. The monoisotopic (exact) mass is 181 g/mol.